The van der Waals surface area contributed by atoms with Gasteiger partial charge in [-0.15, -0.1) is 0 Å². The minimum absolute atomic E-state index is 0.0974. The zero-order chi connectivity index (χ0) is 13.9. The first kappa shape index (κ1) is 14.7. The molecule has 0 amide bonds. The highest BCUT2D eigenvalue weighted by molar-refractivity contribution is 7.90. The minimum Gasteiger partial charge on any atom is -0.467 e. The standard InChI is InChI=1S/C11H18N2O4S/c1-8(2)5-10(11(14)17-3)13-7-9(6-12-13)18(4,15)16/h6-8,10H,5H2,1-4H3/t10-/m1/s1. The van der Waals surface area contributed by atoms with Crippen LogP contribution in [0.15, 0.2) is 17.3 Å². The van der Waals surface area contributed by atoms with Crippen molar-refractivity contribution in [3.8, 4) is 0 Å². The average Bonchev–Trinajstić information content (AvgIpc) is 2.73. The Balaban J connectivity index is 3.06. The van der Waals surface area contributed by atoms with Gasteiger partial charge in [0.05, 0.1) is 13.3 Å². The summed E-state index contributed by atoms with van der Waals surface area (Å²) in [4.78, 5) is 11.8. The number of methoxy groups -OCH3 is 1. The lowest BCUT2D eigenvalue weighted by Crippen LogP contribution is -2.23. The summed E-state index contributed by atoms with van der Waals surface area (Å²) in [5.41, 5.74) is 0. The third-order valence-electron chi connectivity index (χ3n) is 2.49. The van der Waals surface area contributed by atoms with Crippen molar-refractivity contribution in [2.24, 2.45) is 5.92 Å². The molecule has 0 aliphatic carbocycles. The summed E-state index contributed by atoms with van der Waals surface area (Å²) < 4.78 is 28.8. The van der Waals surface area contributed by atoms with Crippen molar-refractivity contribution in [3.05, 3.63) is 12.4 Å². The number of hydrogen-bond acceptors (Lipinski definition) is 5. The van der Waals surface area contributed by atoms with Crippen molar-refractivity contribution >= 4 is 15.8 Å². The van der Waals surface area contributed by atoms with E-state index in [4.69, 9.17) is 4.74 Å². The van der Waals surface area contributed by atoms with Gasteiger partial charge in [0.15, 0.2) is 9.84 Å². The molecule has 0 saturated heterocycles. The van der Waals surface area contributed by atoms with E-state index < -0.39 is 21.8 Å². The molecule has 0 unspecified atom stereocenters. The van der Waals surface area contributed by atoms with Crippen LogP contribution in [0.25, 0.3) is 0 Å². The fourth-order valence-electron chi connectivity index (χ4n) is 1.58. The van der Waals surface area contributed by atoms with Crippen LogP contribution in [0.5, 0.6) is 0 Å². The summed E-state index contributed by atoms with van der Waals surface area (Å²) in [6.45, 7) is 3.94. The topological polar surface area (TPSA) is 78.3 Å². The van der Waals surface area contributed by atoms with E-state index in [9.17, 15) is 13.2 Å². The van der Waals surface area contributed by atoms with E-state index in [1.54, 1.807) is 0 Å². The molecule has 0 bridgehead atoms. The minimum atomic E-state index is -3.31. The Kier molecular flexibility index (Phi) is 4.50. The number of carbonyl (C=O) groups excluding carboxylic acids is 1. The van der Waals surface area contributed by atoms with Crippen LogP contribution in [-0.2, 0) is 19.4 Å². The van der Waals surface area contributed by atoms with Gasteiger partial charge in [-0.05, 0) is 12.3 Å². The van der Waals surface area contributed by atoms with E-state index in [1.165, 1.54) is 24.2 Å². The number of ether oxygens (including phenoxy) is 1. The van der Waals surface area contributed by atoms with E-state index in [1.807, 2.05) is 13.8 Å². The molecule has 102 valence electrons. The molecule has 0 saturated carbocycles. The lowest BCUT2D eigenvalue weighted by molar-refractivity contribution is -0.145. The number of aromatic nitrogens is 2. The first-order valence-electron chi connectivity index (χ1n) is 5.57. The van der Waals surface area contributed by atoms with Crippen LogP contribution in [0.2, 0.25) is 0 Å². The predicted molar refractivity (Wildman–Crippen MR) is 65.8 cm³/mol. The first-order valence-corrected chi connectivity index (χ1v) is 7.47. The van der Waals surface area contributed by atoms with Crippen LogP contribution in [0.3, 0.4) is 0 Å². The van der Waals surface area contributed by atoms with Crippen LogP contribution >= 0.6 is 0 Å². The lowest BCUT2D eigenvalue weighted by Gasteiger charge is -2.16. The molecule has 1 aromatic heterocycles. The summed E-state index contributed by atoms with van der Waals surface area (Å²) >= 11 is 0. The molecule has 0 N–H and O–H groups in total. The number of nitrogens with zero attached hydrogens (tertiary/aromatic N) is 2. The molecule has 7 heteroatoms. The third kappa shape index (κ3) is 3.56. The van der Waals surface area contributed by atoms with Gasteiger partial charge in [-0.1, -0.05) is 13.8 Å². The van der Waals surface area contributed by atoms with Crippen molar-refractivity contribution < 1.29 is 17.9 Å². The molecular weight excluding hydrogens is 256 g/mol. The van der Waals surface area contributed by atoms with Gasteiger partial charge >= 0.3 is 5.97 Å². The monoisotopic (exact) mass is 274 g/mol. The van der Waals surface area contributed by atoms with Gasteiger partial charge in [0, 0.05) is 12.5 Å². The Morgan fingerprint density at radius 1 is 1.50 bits per heavy atom. The molecule has 18 heavy (non-hydrogen) atoms. The Morgan fingerprint density at radius 2 is 2.11 bits per heavy atom. The third-order valence-corrected chi connectivity index (χ3v) is 3.56. The second-order valence-corrected chi connectivity index (χ2v) is 6.61. The summed E-state index contributed by atoms with van der Waals surface area (Å²) in [7, 11) is -2.01. The SMILES string of the molecule is COC(=O)[C@@H](CC(C)C)n1cc(S(C)(=O)=O)cn1. The van der Waals surface area contributed by atoms with E-state index >= 15 is 0 Å². The molecule has 0 aliphatic rings. The Bertz CT molecular complexity index is 519. The molecule has 0 radical (unpaired) electrons. The maximum atomic E-state index is 11.7. The lowest BCUT2D eigenvalue weighted by atomic mass is 10.0. The number of sulfone groups is 1. The fourth-order valence-corrected chi connectivity index (χ4v) is 2.12. The predicted octanol–water partition coefficient (Wildman–Crippen LogP) is 1.05. The molecule has 1 atom stereocenters. The molecule has 0 aromatic carbocycles. The van der Waals surface area contributed by atoms with Gasteiger partial charge in [0.25, 0.3) is 0 Å². The number of carbonyl (C=O) groups is 1. The van der Waals surface area contributed by atoms with E-state index in [0.717, 1.165) is 6.26 Å². The summed E-state index contributed by atoms with van der Waals surface area (Å²) in [6.07, 6.45) is 4.24. The Morgan fingerprint density at radius 3 is 2.50 bits per heavy atom. The zero-order valence-electron chi connectivity index (χ0n) is 11.0. The summed E-state index contributed by atoms with van der Waals surface area (Å²) in [5, 5.41) is 3.94. The summed E-state index contributed by atoms with van der Waals surface area (Å²) in [5.74, 6) is -0.160. The van der Waals surface area contributed by atoms with Gasteiger partial charge in [-0.25, -0.2) is 13.2 Å². The van der Waals surface area contributed by atoms with Crippen molar-refractivity contribution in [3.63, 3.8) is 0 Å². The van der Waals surface area contributed by atoms with Crippen LogP contribution in [0.1, 0.15) is 26.3 Å². The van der Waals surface area contributed by atoms with E-state index in [2.05, 4.69) is 5.10 Å². The summed E-state index contributed by atoms with van der Waals surface area (Å²) in [6, 6.07) is -0.592. The highest BCUT2D eigenvalue weighted by Gasteiger charge is 2.24. The van der Waals surface area contributed by atoms with Crippen molar-refractivity contribution in [2.75, 3.05) is 13.4 Å². The maximum absolute atomic E-state index is 11.7. The van der Waals surface area contributed by atoms with Gasteiger partial charge in [-0.2, -0.15) is 5.10 Å². The molecule has 1 aromatic rings. The van der Waals surface area contributed by atoms with Crippen LogP contribution in [0.4, 0.5) is 0 Å². The number of esters is 1. The van der Waals surface area contributed by atoms with Crippen molar-refractivity contribution in [2.45, 2.75) is 31.2 Å². The highest BCUT2D eigenvalue weighted by Crippen LogP contribution is 2.20. The smallest absolute Gasteiger partial charge is 0.330 e. The quantitative estimate of drug-likeness (QED) is 0.750. The molecule has 0 aliphatic heterocycles. The molecular formula is C11H18N2O4S. The van der Waals surface area contributed by atoms with E-state index in [-0.39, 0.29) is 10.8 Å². The maximum Gasteiger partial charge on any atom is 0.330 e. The van der Waals surface area contributed by atoms with Gasteiger partial charge < -0.3 is 4.74 Å². The van der Waals surface area contributed by atoms with Crippen molar-refractivity contribution in [1.29, 1.82) is 0 Å². The largest absolute Gasteiger partial charge is 0.467 e. The van der Waals surface area contributed by atoms with Crippen molar-refractivity contribution in [1.82, 2.24) is 9.78 Å². The van der Waals surface area contributed by atoms with E-state index in [0.29, 0.717) is 6.42 Å². The Labute approximate surface area is 107 Å². The van der Waals surface area contributed by atoms with Gasteiger partial charge in [0.2, 0.25) is 0 Å². The van der Waals surface area contributed by atoms with Gasteiger partial charge in [-0.3, -0.25) is 4.68 Å². The van der Waals surface area contributed by atoms with Crippen LogP contribution in [0, 0.1) is 5.92 Å². The first-order chi connectivity index (χ1) is 8.25. The molecule has 1 heterocycles. The fraction of sp³-hybridized carbons (Fsp3) is 0.636. The second-order valence-electron chi connectivity index (χ2n) is 4.60. The zero-order valence-corrected chi connectivity index (χ0v) is 11.8. The molecule has 0 spiro atoms. The molecule has 0 fully saturated rings. The normalized spacial score (nSPS) is 13.6. The van der Waals surface area contributed by atoms with Gasteiger partial charge in [0.1, 0.15) is 10.9 Å². The molecule has 6 nitrogen and oxygen atoms in total. The van der Waals surface area contributed by atoms with Crippen LogP contribution < -0.4 is 0 Å². The number of rotatable bonds is 5. The van der Waals surface area contributed by atoms with Crippen LogP contribution in [-0.4, -0.2) is 37.5 Å². The second kappa shape index (κ2) is 5.51. The molecule has 1 rings (SSSR count). The number of hydrogen-bond donors (Lipinski definition) is 0. The Hall–Kier alpha value is -1.37. The highest BCUT2D eigenvalue weighted by atomic mass is 32.2. The average molecular weight is 274 g/mol.